The van der Waals surface area contributed by atoms with Gasteiger partial charge in [0.2, 0.25) is 5.76 Å². The molecule has 0 bridgehead atoms. The van der Waals surface area contributed by atoms with Gasteiger partial charge in [0, 0.05) is 13.0 Å². The number of rotatable bonds is 3. The highest BCUT2D eigenvalue weighted by Crippen LogP contribution is 2.07. The van der Waals surface area contributed by atoms with Crippen LogP contribution >= 0.6 is 0 Å². The normalized spacial score (nSPS) is 10.3. The molecule has 0 saturated carbocycles. The summed E-state index contributed by atoms with van der Waals surface area (Å²) in [6, 6.07) is 2.82. The van der Waals surface area contributed by atoms with Crippen LogP contribution in [0.3, 0.4) is 0 Å². The molecule has 0 fully saturated rings. The molecule has 0 unspecified atom stereocenters. The number of aromatic carboxylic acids is 1. The van der Waals surface area contributed by atoms with Crippen LogP contribution in [0.1, 0.15) is 43.5 Å². The minimum atomic E-state index is -1.13. The van der Waals surface area contributed by atoms with E-state index in [1.165, 1.54) is 12.1 Å². The number of hydrogen-bond donors (Lipinski definition) is 2. The molecule has 0 aliphatic carbocycles. The standard InChI is InChI=1S/C14H17NO5/c1-14(2,3)20-13(18)15-9-5-4-6-10-7-8-11(19-10)12(16)17/h7-8H,5,9H2,1-3H3,(H,15,18)(H,16,17). The molecular formula is C14H17NO5. The van der Waals surface area contributed by atoms with Crippen LogP contribution in [0.5, 0.6) is 0 Å². The first-order valence-corrected chi connectivity index (χ1v) is 6.07. The third-order valence-corrected chi connectivity index (χ3v) is 1.95. The first kappa shape index (κ1) is 15.6. The molecule has 1 aromatic heterocycles. The third kappa shape index (κ3) is 5.96. The molecule has 1 aromatic rings. The Morgan fingerprint density at radius 2 is 2.10 bits per heavy atom. The molecule has 20 heavy (non-hydrogen) atoms. The number of hydrogen-bond acceptors (Lipinski definition) is 4. The number of carbonyl (C=O) groups excluding carboxylic acids is 1. The van der Waals surface area contributed by atoms with Crippen molar-refractivity contribution in [1.82, 2.24) is 5.32 Å². The maximum absolute atomic E-state index is 11.3. The monoisotopic (exact) mass is 279 g/mol. The minimum Gasteiger partial charge on any atom is -0.475 e. The second-order valence-corrected chi connectivity index (χ2v) is 4.95. The molecular weight excluding hydrogens is 262 g/mol. The lowest BCUT2D eigenvalue weighted by atomic mass is 10.2. The number of amides is 1. The Balaban J connectivity index is 2.33. The van der Waals surface area contributed by atoms with E-state index in [1.807, 2.05) is 0 Å². The Kier molecular flexibility index (Phi) is 5.21. The first-order chi connectivity index (χ1) is 9.28. The molecule has 0 aromatic carbocycles. The van der Waals surface area contributed by atoms with Crippen LogP contribution in [0.2, 0.25) is 0 Å². The summed E-state index contributed by atoms with van der Waals surface area (Å²) < 4.78 is 10.0. The van der Waals surface area contributed by atoms with Gasteiger partial charge in [-0.05, 0) is 38.8 Å². The summed E-state index contributed by atoms with van der Waals surface area (Å²) in [7, 11) is 0. The molecule has 1 amide bonds. The van der Waals surface area contributed by atoms with Crippen LogP contribution in [0.25, 0.3) is 0 Å². The summed E-state index contributed by atoms with van der Waals surface area (Å²) >= 11 is 0. The van der Waals surface area contributed by atoms with Crippen molar-refractivity contribution in [3.05, 3.63) is 23.7 Å². The van der Waals surface area contributed by atoms with Crippen molar-refractivity contribution in [2.24, 2.45) is 0 Å². The third-order valence-electron chi connectivity index (χ3n) is 1.95. The summed E-state index contributed by atoms with van der Waals surface area (Å²) in [5.74, 6) is 4.43. The topological polar surface area (TPSA) is 88.8 Å². The van der Waals surface area contributed by atoms with Gasteiger partial charge in [0.25, 0.3) is 0 Å². The minimum absolute atomic E-state index is 0.152. The molecule has 2 N–H and O–H groups in total. The van der Waals surface area contributed by atoms with E-state index in [-0.39, 0.29) is 11.5 Å². The van der Waals surface area contributed by atoms with Crippen molar-refractivity contribution in [2.75, 3.05) is 6.54 Å². The van der Waals surface area contributed by atoms with E-state index < -0.39 is 17.7 Å². The zero-order chi connectivity index (χ0) is 15.2. The van der Waals surface area contributed by atoms with Gasteiger partial charge >= 0.3 is 12.1 Å². The SMILES string of the molecule is CC(C)(C)OC(=O)NCCC#Cc1ccc(C(=O)O)o1. The van der Waals surface area contributed by atoms with Gasteiger partial charge < -0.3 is 19.6 Å². The van der Waals surface area contributed by atoms with E-state index in [1.54, 1.807) is 20.8 Å². The van der Waals surface area contributed by atoms with E-state index in [2.05, 4.69) is 17.2 Å². The number of carboxylic acids is 1. The Hall–Kier alpha value is -2.42. The van der Waals surface area contributed by atoms with E-state index in [9.17, 15) is 9.59 Å². The average molecular weight is 279 g/mol. The Morgan fingerprint density at radius 1 is 1.40 bits per heavy atom. The van der Waals surface area contributed by atoms with Crippen molar-refractivity contribution in [3.63, 3.8) is 0 Å². The molecule has 0 spiro atoms. The second kappa shape index (κ2) is 6.66. The molecule has 6 nitrogen and oxygen atoms in total. The van der Waals surface area contributed by atoms with Gasteiger partial charge in [0.05, 0.1) is 0 Å². The Bertz CT molecular complexity index is 542. The van der Waals surface area contributed by atoms with Gasteiger partial charge in [-0.25, -0.2) is 9.59 Å². The van der Waals surface area contributed by atoms with Crippen LogP contribution in [0.15, 0.2) is 16.5 Å². The van der Waals surface area contributed by atoms with Crippen molar-refractivity contribution in [1.29, 1.82) is 0 Å². The fourth-order valence-electron chi connectivity index (χ4n) is 1.21. The fourth-order valence-corrected chi connectivity index (χ4v) is 1.21. The van der Waals surface area contributed by atoms with Crippen LogP contribution in [0.4, 0.5) is 4.79 Å². The summed E-state index contributed by atoms with van der Waals surface area (Å²) in [6.07, 6.45) is -0.0898. The number of ether oxygens (including phenoxy) is 1. The van der Waals surface area contributed by atoms with E-state index in [0.29, 0.717) is 13.0 Å². The molecule has 0 radical (unpaired) electrons. The van der Waals surface area contributed by atoms with E-state index in [4.69, 9.17) is 14.3 Å². The zero-order valence-corrected chi connectivity index (χ0v) is 11.6. The van der Waals surface area contributed by atoms with E-state index in [0.717, 1.165) is 0 Å². The lowest BCUT2D eigenvalue weighted by Gasteiger charge is -2.19. The lowest BCUT2D eigenvalue weighted by molar-refractivity contribution is 0.0528. The van der Waals surface area contributed by atoms with Crippen molar-refractivity contribution >= 4 is 12.1 Å². The van der Waals surface area contributed by atoms with Crippen molar-refractivity contribution < 1.29 is 23.8 Å². The van der Waals surface area contributed by atoms with Gasteiger partial charge in [0.1, 0.15) is 5.60 Å². The second-order valence-electron chi connectivity index (χ2n) is 4.95. The van der Waals surface area contributed by atoms with Crippen molar-refractivity contribution in [2.45, 2.75) is 32.8 Å². The van der Waals surface area contributed by atoms with Gasteiger partial charge in [-0.3, -0.25) is 0 Å². The number of nitrogens with one attached hydrogen (secondary N) is 1. The van der Waals surface area contributed by atoms with E-state index >= 15 is 0 Å². The molecule has 108 valence electrons. The van der Waals surface area contributed by atoms with Crippen LogP contribution in [-0.4, -0.2) is 29.3 Å². The quantitative estimate of drug-likeness (QED) is 0.654. The van der Waals surface area contributed by atoms with Gasteiger partial charge in [-0.1, -0.05) is 5.92 Å². The highest BCUT2D eigenvalue weighted by atomic mass is 16.6. The number of furan rings is 1. The molecule has 6 heteroatoms. The predicted molar refractivity (Wildman–Crippen MR) is 71.4 cm³/mol. The zero-order valence-electron chi connectivity index (χ0n) is 11.6. The number of carbonyl (C=O) groups is 2. The molecule has 0 atom stereocenters. The number of carboxylic acid groups (broad SMARTS) is 1. The maximum atomic E-state index is 11.3. The molecule has 0 saturated heterocycles. The first-order valence-electron chi connectivity index (χ1n) is 6.07. The van der Waals surface area contributed by atoms with Gasteiger partial charge in [0.15, 0.2) is 5.76 Å². The fraction of sp³-hybridized carbons (Fsp3) is 0.429. The Morgan fingerprint density at radius 3 is 2.65 bits per heavy atom. The lowest BCUT2D eigenvalue weighted by Crippen LogP contribution is -2.32. The smallest absolute Gasteiger partial charge is 0.407 e. The Labute approximate surface area is 117 Å². The maximum Gasteiger partial charge on any atom is 0.407 e. The van der Waals surface area contributed by atoms with Gasteiger partial charge in [-0.2, -0.15) is 0 Å². The van der Waals surface area contributed by atoms with Crippen LogP contribution < -0.4 is 5.32 Å². The molecule has 1 heterocycles. The van der Waals surface area contributed by atoms with Crippen molar-refractivity contribution in [3.8, 4) is 11.8 Å². The summed E-state index contributed by atoms with van der Waals surface area (Å²) in [5, 5.41) is 11.2. The molecule has 0 aliphatic heterocycles. The summed E-state index contributed by atoms with van der Waals surface area (Å²) in [5.41, 5.74) is -0.531. The molecule has 0 aliphatic rings. The summed E-state index contributed by atoms with van der Waals surface area (Å²) in [6.45, 7) is 5.68. The average Bonchev–Trinajstić information content (AvgIpc) is 2.75. The number of alkyl carbamates (subject to hydrolysis) is 1. The van der Waals surface area contributed by atoms with Crippen LogP contribution in [-0.2, 0) is 4.74 Å². The molecule has 1 rings (SSSR count). The van der Waals surface area contributed by atoms with Gasteiger partial charge in [-0.15, -0.1) is 0 Å². The largest absolute Gasteiger partial charge is 0.475 e. The highest BCUT2D eigenvalue weighted by Gasteiger charge is 2.15. The predicted octanol–water partition coefficient (Wildman–Crippen LogP) is 2.24. The highest BCUT2D eigenvalue weighted by molar-refractivity contribution is 5.84. The summed E-state index contributed by atoms with van der Waals surface area (Å²) in [4.78, 5) is 21.9. The van der Waals surface area contributed by atoms with Crippen LogP contribution in [0, 0.1) is 11.8 Å².